The number of H-pyrrole nitrogens is 1. The number of hydrogen-bond donors (Lipinski definition) is 3. The summed E-state index contributed by atoms with van der Waals surface area (Å²) in [4.78, 5) is 26.8. The average molecular weight is 431 g/mol. The van der Waals surface area contributed by atoms with E-state index in [1.165, 1.54) is 17.7 Å². The number of ether oxygens (including phenoxy) is 1. The van der Waals surface area contributed by atoms with Gasteiger partial charge in [-0.2, -0.15) is 5.10 Å². The van der Waals surface area contributed by atoms with Crippen LogP contribution in [0.1, 0.15) is 15.9 Å². The van der Waals surface area contributed by atoms with E-state index in [0.717, 1.165) is 6.21 Å². The molecule has 8 nitrogen and oxygen atoms in total. The van der Waals surface area contributed by atoms with Gasteiger partial charge in [0.25, 0.3) is 11.5 Å². The van der Waals surface area contributed by atoms with E-state index in [0.29, 0.717) is 11.4 Å². The molecular weight excluding hydrogens is 416 g/mol. The van der Waals surface area contributed by atoms with E-state index < -0.39 is 17.3 Å². The summed E-state index contributed by atoms with van der Waals surface area (Å²) in [6.45, 7) is 0. The fourth-order valence-corrected chi connectivity index (χ4v) is 2.99. The second kappa shape index (κ2) is 8.72. The second-order valence-corrected chi connectivity index (χ2v) is 6.50. The Morgan fingerprint density at radius 2 is 1.97 bits per heavy atom. The number of benzene rings is 2. The smallest absolute Gasteiger partial charge is 0.272 e. The number of aromatic nitrogens is 2. The van der Waals surface area contributed by atoms with Crippen molar-refractivity contribution in [3.63, 3.8) is 0 Å². The van der Waals surface area contributed by atoms with Gasteiger partial charge in [0, 0.05) is 0 Å². The van der Waals surface area contributed by atoms with E-state index in [4.69, 9.17) is 28.6 Å². The maximum absolute atomic E-state index is 12.2. The molecule has 0 saturated carbocycles. The van der Waals surface area contributed by atoms with Crippen LogP contribution in [0, 0.1) is 4.77 Å². The fraction of sp³-hybridized carbons (Fsp3) is 0.0526. The zero-order valence-electron chi connectivity index (χ0n) is 15.0. The van der Waals surface area contributed by atoms with Crippen molar-refractivity contribution in [1.29, 1.82) is 0 Å². The summed E-state index contributed by atoms with van der Waals surface area (Å²) in [6.07, 6.45) is 1.03. The van der Waals surface area contributed by atoms with E-state index in [1.54, 1.807) is 42.5 Å². The second-order valence-electron chi connectivity index (χ2n) is 5.71. The normalized spacial score (nSPS) is 10.8. The minimum absolute atomic E-state index is 0.00470. The quantitative estimate of drug-likeness (QED) is 0.327. The number of nitrogens with zero attached hydrogens (tertiary/aromatic N) is 2. The molecule has 0 fully saturated rings. The number of halogens is 1. The molecule has 10 heteroatoms. The fourth-order valence-electron chi connectivity index (χ4n) is 2.49. The van der Waals surface area contributed by atoms with Crippen LogP contribution in [0.2, 0.25) is 5.02 Å². The first-order chi connectivity index (χ1) is 13.9. The first kappa shape index (κ1) is 20.3. The Morgan fingerprint density at radius 3 is 2.62 bits per heavy atom. The van der Waals surface area contributed by atoms with E-state index >= 15 is 0 Å². The Morgan fingerprint density at radius 1 is 1.28 bits per heavy atom. The van der Waals surface area contributed by atoms with Crippen molar-refractivity contribution in [3.05, 3.63) is 79.8 Å². The number of hydrogen-bond acceptors (Lipinski definition) is 6. The van der Waals surface area contributed by atoms with E-state index in [-0.39, 0.29) is 20.9 Å². The Hall–Kier alpha value is -3.43. The Kier molecular flexibility index (Phi) is 6.10. The highest BCUT2D eigenvalue weighted by Gasteiger charge is 2.13. The van der Waals surface area contributed by atoms with Crippen LogP contribution in [0.4, 0.5) is 0 Å². The van der Waals surface area contributed by atoms with E-state index in [1.807, 2.05) is 0 Å². The molecule has 0 spiro atoms. The Labute approximate surface area is 175 Å². The number of amides is 1. The first-order valence-corrected chi connectivity index (χ1v) is 9.01. The number of aromatic amines is 1. The lowest BCUT2D eigenvalue weighted by Crippen LogP contribution is -2.21. The number of methoxy groups -OCH3 is 1. The summed E-state index contributed by atoms with van der Waals surface area (Å²) in [5.74, 6) is -0.376. The van der Waals surface area contributed by atoms with Crippen LogP contribution >= 0.6 is 23.8 Å². The molecule has 0 bridgehead atoms. The third kappa shape index (κ3) is 4.36. The van der Waals surface area contributed by atoms with Crippen LogP contribution in [0.5, 0.6) is 11.6 Å². The predicted molar refractivity (Wildman–Crippen MR) is 112 cm³/mol. The molecule has 0 radical (unpaired) electrons. The molecule has 0 saturated heterocycles. The third-order valence-corrected chi connectivity index (χ3v) is 4.54. The van der Waals surface area contributed by atoms with Gasteiger partial charge >= 0.3 is 0 Å². The summed E-state index contributed by atoms with van der Waals surface area (Å²) < 4.78 is 6.36. The zero-order valence-corrected chi connectivity index (χ0v) is 16.6. The zero-order chi connectivity index (χ0) is 21.0. The molecule has 3 aromatic rings. The van der Waals surface area contributed by atoms with E-state index in [9.17, 15) is 14.7 Å². The molecule has 1 aromatic heterocycles. The number of aromatic hydroxyl groups is 1. The minimum atomic E-state index is -0.659. The monoisotopic (exact) mass is 430 g/mol. The molecule has 1 amide bonds. The molecule has 0 atom stereocenters. The first-order valence-electron chi connectivity index (χ1n) is 8.23. The molecule has 0 unspecified atom stereocenters. The summed E-state index contributed by atoms with van der Waals surface area (Å²) in [5, 5.41) is 14.6. The highest BCUT2D eigenvalue weighted by molar-refractivity contribution is 7.71. The SMILES string of the molecule is COc1ccc(-n2c(O)c(C=NNC(=O)c3ccccc3Cl)c(=O)[nH]c2=S)cc1. The Balaban J connectivity index is 1.92. The number of carbonyl (C=O) groups excluding carboxylic acids is 1. The number of rotatable bonds is 5. The van der Waals surface area contributed by atoms with Gasteiger partial charge in [-0.1, -0.05) is 23.7 Å². The van der Waals surface area contributed by atoms with Crippen LogP contribution in [-0.2, 0) is 0 Å². The van der Waals surface area contributed by atoms with Crippen LogP contribution < -0.4 is 15.7 Å². The topological polar surface area (TPSA) is 109 Å². The number of nitrogens with one attached hydrogen (secondary N) is 2. The van der Waals surface area contributed by atoms with Gasteiger partial charge in [0.05, 0.1) is 29.6 Å². The van der Waals surface area contributed by atoms with Crippen molar-refractivity contribution in [1.82, 2.24) is 15.0 Å². The van der Waals surface area contributed by atoms with Gasteiger partial charge in [-0.25, -0.2) is 5.43 Å². The van der Waals surface area contributed by atoms with Crippen molar-refractivity contribution in [2.45, 2.75) is 0 Å². The van der Waals surface area contributed by atoms with Gasteiger partial charge in [0.2, 0.25) is 5.88 Å². The maximum atomic E-state index is 12.2. The molecule has 29 heavy (non-hydrogen) atoms. The van der Waals surface area contributed by atoms with Crippen molar-refractivity contribution in [2.75, 3.05) is 7.11 Å². The van der Waals surface area contributed by atoms with Crippen LogP contribution in [0.15, 0.2) is 58.4 Å². The summed E-state index contributed by atoms with van der Waals surface area (Å²) >= 11 is 11.1. The summed E-state index contributed by atoms with van der Waals surface area (Å²) in [6, 6.07) is 13.1. The number of carbonyl (C=O) groups is 1. The molecule has 3 N–H and O–H groups in total. The van der Waals surface area contributed by atoms with E-state index in [2.05, 4.69) is 15.5 Å². The molecule has 148 valence electrons. The van der Waals surface area contributed by atoms with Crippen LogP contribution in [-0.4, -0.2) is 33.9 Å². The summed E-state index contributed by atoms with van der Waals surface area (Å²) in [7, 11) is 1.53. The van der Waals surface area contributed by atoms with Gasteiger partial charge in [0.1, 0.15) is 11.3 Å². The molecule has 2 aromatic carbocycles. The maximum Gasteiger partial charge on any atom is 0.272 e. The summed E-state index contributed by atoms with van der Waals surface area (Å²) in [5.41, 5.74) is 2.14. The molecule has 0 aliphatic heterocycles. The van der Waals surface area contributed by atoms with Gasteiger partial charge in [0.15, 0.2) is 4.77 Å². The lowest BCUT2D eigenvalue weighted by atomic mass is 10.2. The highest BCUT2D eigenvalue weighted by atomic mass is 35.5. The van der Waals surface area contributed by atoms with Crippen molar-refractivity contribution in [2.24, 2.45) is 5.10 Å². The average Bonchev–Trinajstić information content (AvgIpc) is 2.71. The standard InChI is InChI=1S/C19H15ClN4O4S/c1-28-12-8-6-11(7-9-12)24-18(27)14(16(25)22-19(24)29)10-21-23-17(26)13-4-2-3-5-15(13)20/h2-10,27H,1H3,(H,23,26)(H,22,25,29). The highest BCUT2D eigenvalue weighted by Crippen LogP contribution is 2.21. The van der Waals surface area contributed by atoms with Crippen LogP contribution in [0.3, 0.4) is 0 Å². The van der Waals surface area contributed by atoms with Crippen LogP contribution in [0.25, 0.3) is 5.69 Å². The minimum Gasteiger partial charge on any atom is -0.497 e. The molecule has 1 heterocycles. The molecular formula is C19H15ClN4O4S. The number of hydrazone groups is 1. The van der Waals surface area contributed by atoms with Crippen molar-refractivity contribution in [3.8, 4) is 17.3 Å². The Bertz CT molecular complexity index is 1200. The molecule has 0 aliphatic rings. The molecule has 0 aliphatic carbocycles. The van der Waals surface area contributed by atoms with Gasteiger partial charge < -0.3 is 9.84 Å². The lowest BCUT2D eigenvalue weighted by Gasteiger charge is -2.11. The van der Waals surface area contributed by atoms with Crippen molar-refractivity contribution >= 4 is 35.9 Å². The van der Waals surface area contributed by atoms with Gasteiger partial charge in [-0.15, -0.1) is 0 Å². The third-order valence-electron chi connectivity index (χ3n) is 3.93. The van der Waals surface area contributed by atoms with Gasteiger partial charge in [-0.3, -0.25) is 19.1 Å². The molecule has 3 rings (SSSR count). The predicted octanol–water partition coefficient (Wildman–Crippen LogP) is 3.03. The largest absolute Gasteiger partial charge is 0.497 e. The van der Waals surface area contributed by atoms with Crippen molar-refractivity contribution < 1.29 is 14.6 Å². The van der Waals surface area contributed by atoms with Gasteiger partial charge in [-0.05, 0) is 48.6 Å². The lowest BCUT2D eigenvalue weighted by molar-refractivity contribution is 0.0955.